The molecule has 1 fully saturated rings. The fraction of sp³-hybridized carbons (Fsp3) is 0.750. The molecule has 0 aliphatic carbocycles. The van der Waals surface area contributed by atoms with Crippen LogP contribution < -0.4 is 11.1 Å². The number of hydrogen-bond acceptors (Lipinski definition) is 5. The molecule has 0 bridgehead atoms. The second-order valence-corrected chi connectivity index (χ2v) is 3.52. The summed E-state index contributed by atoms with van der Waals surface area (Å²) in [4.78, 5) is 21.7. The van der Waals surface area contributed by atoms with Crippen molar-refractivity contribution in [1.82, 2.24) is 5.32 Å². The number of amides is 1. The summed E-state index contributed by atoms with van der Waals surface area (Å²) in [6.45, 7) is 0.167. The Balaban J connectivity index is 2.39. The number of carboxylic acid groups (broad SMARTS) is 1. The summed E-state index contributed by atoms with van der Waals surface area (Å²) in [7, 11) is 0. The van der Waals surface area contributed by atoms with E-state index in [2.05, 4.69) is 5.32 Å². The molecule has 1 heterocycles. The third-order valence-corrected chi connectivity index (χ3v) is 2.25. The quantitative estimate of drug-likeness (QED) is 0.419. The number of nitrogens with two attached hydrogens (primary N) is 1. The van der Waals surface area contributed by atoms with E-state index < -0.39 is 23.5 Å². The van der Waals surface area contributed by atoms with Gasteiger partial charge < -0.3 is 26.0 Å². The average molecular weight is 218 g/mol. The number of aliphatic hydroxyl groups excluding tert-OH is 1. The highest BCUT2D eigenvalue weighted by Gasteiger charge is 2.38. The molecule has 1 aliphatic rings. The summed E-state index contributed by atoms with van der Waals surface area (Å²) >= 11 is 0. The van der Waals surface area contributed by atoms with Gasteiger partial charge in [-0.25, -0.2) is 4.79 Å². The van der Waals surface area contributed by atoms with Crippen LogP contribution in [0.5, 0.6) is 0 Å². The Morgan fingerprint density at radius 2 is 2.27 bits per heavy atom. The Kier molecular flexibility index (Phi) is 3.61. The monoisotopic (exact) mass is 218 g/mol. The van der Waals surface area contributed by atoms with E-state index in [1.807, 2.05) is 0 Å². The zero-order chi connectivity index (χ0) is 11.5. The largest absolute Gasteiger partial charge is 0.479 e. The Bertz CT molecular complexity index is 262. The minimum Gasteiger partial charge on any atom is -0.479 e. The molecule has 0 aromatic carbocycles. The lowest BCUT2D eigenvalue weighted by Crippen LogP contribution is -2.56. The Morgan fingerprint density at radius 1 is 1.60 bits per heavy atom. The van der Waals surface area contributed by atoms with Gasteiger partial charge in [0.2, 0.25) is 5.91 Å². The van der Waals surface area contributed by atoms with E-state index in [0.717, 1.165) is 0 Å². The minimum absolute atomic E-state index is 0.113. The average Bonchev–Trinajstić information content (AvgIpc) is 2.62. The van der Waals surface area contributed by atoms with Crippen molar-refractivity contribution in [3.05, 3.63) is 0 Å². The van der Waals surface area contributed by atoms with Gasteiger partial charge in [-0.3, -0.25) is 4.79 Å². The van der Waals surface area contributed by atoms with Crippen molar-refractivity contribution in [1.29, 1.82) is 0 Å². The number of carboxylic acids is 1. The molecule has 0 spiro atoms. The van der Waals surface area contributed by atoms with Gasteiger partial charge in [0.1, 0.15) is 5.54 Å². The first-order chi connectivity index (χ1) is 6.96. The fourth-order valence-corrected chi connectivity index (χ4v) is 1.21. The molecule has 1 amide bonds. The molecule has 1 rings (SSSR count). The first-order valence-corrected chi connectivity index (χ1v) is 4.51. The molecule has 2 atom stereocenters. The maximum absolute atomic E-state index is 11.5. The van der Waals surface area contributed by atoms with Crippen LogP contribution in [0.3, 0.4) is 0 Å². The highest BCUT2D eigenvalue weighted by molar-refractivity contribution is 5.87. The van der Waals surface area contributed by atoms with Gasteiger partial charge in [0, 0.05) is 6.61 Å². The number of aliphatic carboxylic acids is 1. The minimum atomic E-state index is -1.61. The van der Waals surface area contributed by atoms with Gasteiger partial charge >= 0.3 is 5.97 Å². The van der Waals surface area contributed by atoms with Crippen molar-refractivity contribution in [2.24, 2.45) is 5.73 Å². The molecule has 5 N–H and O–H groups in total. The van der Waals surface area contributed by atoms with Gasteiger partial charge in [0.25, 0.3) is 0 Å². The highest BCUT2D eigenvalue weighted by Crippen LogP contribution is 2.15. The van der Waals surface area contributed by atoms with E-state index >= 15 is 0 Å². The third kappa shape index (κ3) is 2.88. The number of carbonyl (C=O) groups excluding carboxylic acids is 1. The van der Waals surface area contributed by atoms with Crippen molar-refractivity contribution in [3.63, 3.8) is 0 Å². The van der Waals surface area contributed by atoms with Crippen LogP contribution in [0.2, 0.25) is 0 Å². The first kappa shape index (κ1) is 11.9. The molecule has 86 valence electrons. The lowest BCUT2D eigenvalue weighted by Gasteiger charge is -2.20. The van der Waals surface area contributed by atoms with Crippen LogP contribution >= 0.6 is 0 Å². The second kappa shape index (κ2) is 4.56. The van der Waals surface area contributed by atoms with E-state index in [-0.39, 0.29) is 13.2 Å². The lowest BCUT2D eigenvalue weighted by atomic mass is 9.99. The molecule has 7 nitrogen and oxygen atoms in total. The van der Waals surface area contributed by atoms with Crippen LogP contribution in [-0.4, -0.2) is 53.5 Å². The predicted molar refractivity (Wildman–Crippen MR) is 49.0 cm³/mol. The number of hydrogen-bond donors (Lipinski definition) is 4. The van der Waals surface area contributed by atoms with Crippen LogP contribution in [0.4, 0.5) is 0 Å². The van der Waals surface area contributed by atoms with E-state index in [1.54, 1.807) is 0 Å². The standard InChI is InChI=1S/C8H14N2O5/c9-8(1-2-15-4-8)7(14)10-3-5(11)6(12)13/h5,11H,1-4,9H2,(H,10,14)(H,12,13)/t5-,8?/m0/s1. The van der Waals surface area contributed by atoms with Crippen molar-refractivity contribution in [2.75, 3.05) is 19.8 Å². The number of nitrogens with one attached hydrogen (secondary N) is 1. The molecule has 15 heavy (non-hydrogen) atoms. The number of carbonyl (C=O) groups is 2. The number of aliphatic hydroxyl groups is 1. The van der Waals surface area contributed by atoms with Crippen LogP contribution in [0.25, 0.3) is 0 Å². The number of ether oxygens (including phenoxy) is 1. The maximum Gasteiger partial charge on any atom is 0.334 e. The van der Waals surface area contributed by atoms with Gasteiger partial charge in [-0.1, -0.05) is 0 Å². The van der Waals surface area contributed by atoms with Crippen molar-refractivity contribution in [2.45, 2.75) is 18.1 Å². The predicted octanol–water partition coefficient (Wildman–Crippen LogP) is -2.33. The van der Waals surface area contributed by atoms with Crippen LogP contribution in [0.15, 0.2) is 0 Å². The first-order valence-electron chi connectivity index (χ1n) is 4.51. The van der Waals surface area contributed by atoms with Gasteiger partial charge in [0.15, 0.2) is 6.10 Å². The Hall–Kier alpha value is -1.18. The van der Waals surface area contributed by atoms with Crippen LogP contribution in [0, 0.1) is 0 Å². The SMILES string of the molecule is NC1(C(=O)NC[C@H](O)C(=O)O)CCOC1. The Labute approximate surface area is 86.2 Å². The summed E-state index contributed by atoms with van der Waals surface area (Å²) in [5.74, 6) is -1.88. The Morgan fingerprint density at radius 3 is 2.73 bits per heavy atom. The second-order valence-electron chi connectivity index (χ2n) is 3.52. The molecule has 0 aromatic heterocycles. The zero-order valence-corrected chi connectivity index (χ0v) is 8.10. The number of rotatable bonds is 4. The summed E-state index contributed by atoms with van der Waals surface area (Å²) in [6, 6.07) is 0. The topological polar surface area (TPSA) is 122 Å². The summed E-state index contributed by atoms with van der Waals surface area (Å²) in [5.41, 5.74) is 4.60. The van der Waals surface area contributed by atoms with E-state index in [1.165, 1.54) is 0 Å². The summed E-state index contributed by atoms with van der Waals surface area (Å²) in [6.07, 6.45) is -1.22. The van der Waals surface area contributed by atoms with Crippen molar-refractivity contribution >= 4 is 11.9 Å². The van der Waals surface area contributed by atoms with Crippen LogP contribution in [0.1, 0.15) is 6.42 Å². The molecule has 7 heteroatoms. The van der Waals surface area contributed by atoms with Gasteiger partial charge in [-0.15, -0.1) is 0 Å². The molecule has 1 saturated heterocycles. The molecule has 1 unspecified atom stereocenters. The molecular formula is C8H14N2O5. The molecule has 1 aliphatic heterocycles. The molecule has 0 radical (unpaired) electrons. The van der Waals surface area contributed by atoms with Crippen molar-refractivity contribution in [3.8, 4) is 0 Å². The van der Waals surface area contributed by atoms with E-state index in [0.29, 0.717) is 13.0 Å². The normalized spacial score (nSPS) is 27.3. The molecule has 0 saturated carbocycles. The fourth-order valence-electron chi connectivity index (χ4n) is 1.21. The maximum atomic E-state index is 11.5. The smallest absolute Gasteiger partial charge is 0.334 e. The molecular weight excluding hydrogens is 204 g/mol. The third-order valence-electron chi connectivity index (χ3n) is 2.25. The van der Waals surface area contributed by atoms with Gasteiger partial charge in [-0.2, -0.15) is 0 Å². The van der Waals surface area contributed by atoms with Gasteiger partial charge in [0.05, 0.1) is 13.2 Å². The lowest BCUT2D eigenvalue weighted by molar-refractivity contribution is -0.146. The molecule has 0 aromatic rings. The zero-order valence-electron chi connectivity index (χ0n) is 8.10. The van der Waals surface area contributed by atoms with E-state index in [4.69, 9.17) is 20.7 Å². The summed E-state index contributed by atoms with van der Waals surface area (Å²) < 4.78 is 4.97. The highest BCUT2D eigenvalue weighted by atomic mass is 16.5. The van der Waals surface area contributed by atoms with Gasteiger partial charge in [-0.05, 0) is 6.42 Å². The van der Waals surface area contributed by atoms with Crippen LogP contribution in [-0.2, 0) is 14.3 Å². The van der Waals surface area contributed by atoms with E-state index in [9.17, 15) is 9.59 Å². The summed E-state index contributed by atoms with van der Waals surface area (Å²) in [5, 5.41) is 19.6. The van der Waals surface area contributed by atoms with Crippen molar-refractivity contribution < 1.29 is 24.5 Å².